The summed E-state index contributed by atoms with van der Waals surface area (Å²) in [4.78, 5) is 11.9. The molecule has 0 heterocycles. The van der Waals surface area contributed by atoms with Crippen LogP contribution in [0.1, 0.15) is 59.3 Å². The topological polar surface area (TPSA) is 37.3 Å². The molecule has 4 heteroatoms. The predicted octanol–water partition coefficient (Wildman–Crippen LogP) is 4.62. The summed E-state index contributed by atoms with van der Waals surface area (Å²) in [7, 11) is 0. The van der Waals surface area contributed by atoms with E-state index in [-0.39, 0.29) is 35.4 Å². The summed E-state index contributed by atoms with van der Waals surface area (Å²) >= 11 is 0. The van der Waals surface area contributed by atoms with Crippen molar-refractivity contribution < 1.29 is 18.7 Å². The highest BCUT2D eigenvalue weighted by molar-refractivity contribution is 5.91. The predicted molar refractivity (Wildman–Crippen MR) is 99.9 cm³/mol. The van der Waals surface area contributed by atoms with Gasteiger partial charge in [-0.3, -0.25) is 4.79 Å². The van der Waals surface area contributed by atoms with E-state index in [1.54, 1.807) is 13.0 Å². The lowest BCUT2D eigenvalue weighted by atomic mass is 9.45. The van der Waals surface area contributed by atoms with Crippen molar-refractivity contribution >= 4 is 5.78 Å². The van der Waals surface area contributed by atoms with Crippen LogP contribution in [0.25, 0.3) is 0 Å². The molecule has 0 aromatic rings. The number of rotatable bonds is 1. The zero-order valence-electron chi connectivity index (χ0n) is 16.5. The number of allylic oxidation sites excluding steroid dienone is 1. The summed E-state index contributed by atoms with van der Waals surface area (Å²) < 4.78 is 28.6. The molecule has 8 atom stereocenters. The Labute approximate surface area is 160 Å². The average Bonchev–Trinajstić information content (AvgIpc) is 2.85. The Balaban J connectivity index is 1.80. The number of halogens is 2. The summed E-state index contributed by atoms with van der Waals surface area (Å²) in [5.74, 6) is 5.94. The summed E-state index contributed by atoms with van der Waals surface area (Å²) in [6.07, 6.45) is 3.13. The highest BCUT2D eigenvalue weighted by Crippen LogP contribution is 2.67. The van der Waals surface area contributed by atoms with Crippen molar-refractivity contribution in [3.8, 4) is 11.8 Å². The molecule has 27 heavy (non-hydrogen) atoms. The first kappa shape index (κ1) is 19.1. The third kappa shape index (κ3) is 2.64. The lowest BCUT2D eigenvalue weighted by molar-refractivity contribution is -0.154. The highest BCUT2D eigenvalue weighted by atomic mass is 19.3. The van der Waals surface area contributed by atoms with Crippen molar-refractivity contribution in [1.82, 2.24) is 0 Å². The molecule has 3 fully saturated rings. The third-order valence-corrected chi connectivity index (χ3v) is 8.50. The van der Waals surface area contributed by atoms with Crippen LogP contribution in [-0.2, 0) is 4.79 Å². The van der Waals surface area contributed by atoms with E-state index in [9.17, 15) is 18.7 Å². The molecule has 0 spiro atoms. The molecule has 4 rings (SSSR count). The van der Waals surface area contributed by atoms with Gasteiger partial charge < -0.3 is 5.11 Å². The van der Waals surface area contributed by atoms with Gasteiger partial charge in [0.15, 0.2) is 5.78 Å². The van der Waals surface area contributed by atoms with Crippen molar-refractivity contribution in [2.75, 3.05) is 0 Å². The molecular formula is C23H30F2O2. The van der Waals surface area contributed by atoms with E-state index >= 15 is 0 Å². The summed E-state index contributed by atoms with van der Waals surface area (Å²) in [6, 6.07) is 0. The van der Waals surface area contributed by atoms with Gasteiger partial charge in [-0.15, -0.1) is 5.92 Å². The van der Waals surface area contributed by atoms with E-state index in [0.717, 1.165) is 18.4 Å². The van der Waals surface area contributed by atoms with Gasteiger partial charge in [0, 0.05) is 17.8 Å². The second-order valence-corrected chi connectivity index (χ2v) is 9.67. The van der Waals surface area contributed by atoms with Gasteiger partial charge in [0.05, 0.1) is 0 Å². The Morgan fingerprint density at radius 1 is 1.30 bits per heavy atom. The number of carbonyl (C=O) groups excluding carboxylic acids is 1. The van der Waals surface area contributed by atoms with Crippen molar-refractivity contribution in [3.63, 3.8) is 0 Å². The largest absolute Gasteiger partial charge is 0.377 e. The molecule has 0 unspecified atom stereocenters. The van der Waals surface area contributed by atoms with Gasteiger partial charge in [-0.25, -0.2) is 8.78 Å². The van der Waals surface area contributed by atoms with Crippen LogP contribution in [-0.4, -0.2) is 22.9 Å². The molecule has 0 aromatic heterocycles. The summed E-state index contributed by atoms with van der Waals surface area (Å²) in [5.41, 5.74) is -0.642. The Morgan fingerprint density at radius 3 is 2.70 bits per heavy atom. The smallest absolute Gasteiger partial charge is 0.241 e. The van der Waals surface area contributed by atoms with Crippen LogP contribution in [0.4, 0.5) is 8.78 Å². The number of aliphatic hydroxyl groups is 1. The lowest BCUT2D eigenvalue weighted by Gasteiger charge is -2.59. The van der Waals surface area contributed by atoms with Gasteiger partial charge in [-0.2, -0.15) is 0 Å². The van der Waals surface area contributed by atoms with Crippen LogP contribution in [0.3, 0.4) is 0 Å². The van der Waals surface area contributed by atoms with Gasteiger partial charge in [0.1, 0.15) is 5.60 Å². The van der Waals surface area contributed by atoms with Crippen molar-refractivity contribution in [3.05, 3.63) is 11.6 Å². The second-order valence-electron chi connectivity index (χ2n) is 9.67. The van der Waals surface area contributed by atoms with Gasteiger partial charge >= 0.3 is 0 Å². The Kier molecular flexibility index (Phi) is 4.54. The zero-order chi connectivity index (χ0) is 19.6. The molecule has 0 saturated heterocycles. The maximum Gasteiger partial charge on any atom is 0.241 e. The van der Waals surface area contributed by atoms with E-state index in [1.807, 2.05) is 6.92 Å². The van der Waals surface area contributed by atoms with Gasteiger partial charge in [0.25, 0.3) is 0 Å². The molecular weight excluding hydrogens is 346 g/mol. The van der Waals surface area contributed by atoms with Crippen LogP contribution < -0.4 is 0 Å². The van der Waals surface area contributed by atoms with Gasteiger partial charge in [0.2, 0.25) is 6.43 Å². The highest BCUT2D eigenvalue weighted by Gasteiger charge is 2.66. The number of fused-ring (bicyclic) bond motifs is 5. The second kappa shape index (κ2) is 6.41. The molecule has 0 aromatic carbocycles. The molecule has 148 valence electrons. The Bertz CT molecular complexity index is 732. The quantitative estimate of drug-likeness (QED) is 0.678. The fourth-order valence-corrected chi connectivity index (χ4v) is 7.43. The van der Waals surface area contributed by atoms with Crippen LogP contribution in [0.5, 0.6) is 0 Å². The summed E-state index contributed by atoms with van der Waals surface area (Å²) in [6.45, 7) is 5.87. The van der Waals surface area contributed by atoms with Crippen molar-refractivity contribution in [2.24, 2.45) is 40.9 Å². The molecule has 3 saturated carbocycles. The molecule has 2 nitrogen and oxygen atoms in total. The van der Waals surface area contributed by atoms with E-state index in [0.29, 0.717) is 25.7 Å². The number of carbonyl (C=O) groups is 1. The van der Waals surface area contributed by atoms with E-state index < -0.39 is 23.4 Å². The first-order chi connectivity index (χ1) is 12.7. The van der Waals surface area contributed by atoms with Crippen LogP contribution in [0.2, 0.25) is 0 Å². The van der Waals surface area contributed by atoms with Crippen molar-refractivity contribution in [2.45, 2.75) is 71.3 Å². The molecule has 4 aliphatic rings. The van der Waals surface area contributed by atoms with Gasteiger partial charge in [-0.05, 0) is 74.7 Å². The minimum atomic E-state index is -2.40. The van der Waals surface area contributed by atoms with E-state index in [2.05, 4.69) is 18.8 Å². The SMILES string of the molecule is CC#C[C@]1(O)CC[C@H]2[C@H]3[C@H]([C@@H](C(F)F)C[C@@]21C)[C@H]1CCC(=O)C=C1C[C@H]3C. The maximum atomic E-state index is 14.3. The monoisotopic (exact) mass is 376 g/mol. The number of hydrogen-bond donors (Lipinski definition) is 1. The van der Waals surface area contributed by atoms with Crippen LogP contribution in [0.15, 0.2) is 11.6 Å². The van der Waals surface area contributed by atoms with Crippen LogP contribution >= 0.6 is 0 Å². The van der Waals surface area contributed by atoms with E-state index in [4.69, 9.17) is 0 Å². The van der Waals surface area contributed by atoms with E-state index in [1.165, 1.54) is 0 Å². The zero-order valence-corrected chi connectivity index (χ0v) is 16.5. The molecule has 0 bridgehead atoms. The lowest BCUT2D eigenvalue weighted by Crippen LogP contribution is -2.58. The number of alkyl halides is 2. The van der Waals surface area contributed by atoms with Crippen LogP contribution in [0, 0.1) is 52.8 Å². The fraction of sp³-hybridized carbons (Fsp3) is 0.783. The van der Waals surface area contributed by atoms with Crippen molar-refractivity contribution in [1.29, 1.82) is 0 Å². The molecule has 4 aliphatic carbocycles. The Morgan fingerprint density at radius 2 is 2.04 bits per heavy atom. The number of hydrogen-bond acceptors (Lipinski definition) is 2. The molecule has 1 N–H and O–H groups in total. The standard InChI is InChI=1S/C23H30F2O2/c1-4-8-23(27)9-7-18-19-13(2)10-14-11-15(26)5-6-16(14)20(19)17(21(24)25)12-22(18,23)3/h11,13,16-21,27H,5-7,9-10,12H2,1-3H3/t13-,16+,17+,18+,19+,20+,22+,23+/m1/s1. The third-order valence-electron chi connectivity index (χ3n) is 8.50. The number of ketones is 1. The minimum absolute atomic E-state index is 0.0805. The first-order valence-electron chi connectivity index (χ1n) is 10.4. The normalized spacial score (nSPS) is 48.9. The minimum Gasteiger partial charge on any atom is -0.377 e. The first-order valence-corrected chi connectivity index (χ1v) is 10.4. The maximum absolute atomic E-state index is 14.3. The Hall–Kier alpha value is -1.21. The molecule has 0 radical (unpaired) electrons. The molecule has 0 amide bonds. The molecule has 0 aliphatic heterocycles. The summed E-state index contributed by atoms with van der Waals surface area (Å²) in [5, 5.41) is 11.3. The average molecular weight is 376 g/mol. The van der Waals surface area contributed by atoms with Gasteiger partial charge in [-0.1, -0.05) is 25.3 Å². The fourth-order valence-electron chi connectivity index (χ4n) is 7.43.